The van der Waals surface area contributed by atoms with Gasteiger partial charge in [0.25, 0.3) is 0 Å². The summed E-state index contributed by atoms with van der Waals surface area (Å²) in [4.78, 5) is 2.16. The normalized spacial score (nSPS) is 23.7. The fourth-order valence-corrected chi connectivity index (χ4v) is 2.42. The summed E-state index contributed by atoms with van der Waals surface area (Å²) >= 11 is 0. The van der Waals surface area contributed by atoms with Crippen LogP contribution in [0, 0.1) is 0 Å². The quantitative estimate of drug-likeness (QED) is 0.830. The number of nitrogens with zero attached hydrogens (tertiary/aromatic N) is 1. The van der Waals surface area contributed by atoms with Crippen LogP contribution in [-0.4, -0.2) is 49.0 Å². The lowest BCUT2D eigenvalue weighted by Crippen LogP contribution is -2.60. The van der Waals surface area contributed by atoms with Crippen LogP contribution in [-0.2, 0) is 4.74 Å². The molecule has 0 aromatic heterocycles. The number of nitrogens with two attached hydrogens (primary N) is 1. The summed E-state index contributed by atoms with van der Waals surface area (Å²) < 4.78 is 42.1. The van der Waals surface area contributed by atoms with E-state index in [4.69, 9.17) is 10.5 Å². The second-order valence-electron chi connectivity index (χ2n) is 5.07. The van der Waals surface area contributed by atoms with Crippen molar-refractivity contribution in [2.75, 3.05) is 26.3 Å². The van der Waals surface area contributed by atoms with E-state index < -0.39 is 18.6 Å². The molecule has 2 N–H and O–H groups in total. The molecule has 2 atom stereocenters. The van der Waals surface area contributed by atoms with Gasteiger partial charge in [0, 0.05) is 31.1 Å². The van der Waals surface area contributed by atoms with Gasteiger partial charge in [-0.05, 0) is 19.8 Å². The van der Waals surface area contributed by atoms with E-state index in [0.29, 0.717) is 13.2 Å². The molecule has 1 aliphatic heterocycles. The average Bonchev–Trinajstić information content (AvgIpc) is 2.35. The topological polar surface area (TPSA) is 38.5 Å². The SMILES string of the molecule is CCC(C)(C(N)CCC(F)(F)F)N1CCOCC1. The Labute approximate surface area is 106 Å². The van der Waals surface area contributed by atoms with Gasteiger partial charge in [-0.2, -0.15) is 13.2 Å². The third-order valence-corrected chi connectivity index (χ3v) is 3.99. The molecule has 0 saturated carbocycles. The van der Waals surface area contributed by atoms with Crippen LogP contribution in [0.4, 0.5) is 13.2 Å². The van der Waals surface area contributed by atoms with Gasteiger partial charge in [0.15, 0.2) is 0 Å². The van der Waals surface area contributed by atoms with E-state index >= 15 is 0 Å². The zero-order valence-corrected chi connectivity index (χ0v) is 11.1. The highest BCUT2D eigenvalue weighted by molar-refractivity contribution is 4.95. The molecule has 1 rings (SSSR count). The van der Waals surface area contributed by atoms with E-state index in [2.05, 4.69) is 4.90 Å². The lowest BCUT2D eigenvalue weighted by atomic mass is 9.84. The maximum Gasteiger partial charge on any atom is 0.389 e. The van der Waals surface area contributed by atoms with E-state index in [9.17, 15) is 13.2 Å². The van der Waals surface area contributed by atoms with Crippen LogP contribution >= 0.6 is 0 Å². The minimum absolute atomic E-state index is 0.0226. The van der Waals surface area contributed by atoms with Crippen molar-refractivity contribution >= 4 is 0 Å². The number of rotatable bonds is 5. The lowest BCUT2D eigenvalue weighted by Gasteiger charge is -2.46. The van der Waals surface area contributed by atoms with Crippen LogP contribution in [0.2, 0.25) is 0 Å². The number of hydrogen-bond donors (Lipinski definition) is 1. The molecule has 0 aromatic carbocycles. The second kappa shape index (κ2) is 6.21. The summed E-state index contributed by atoms with van der Waals surface area (Å²) in [7, 11) is 0. The summed E-state index contributed by atoms with van der Waals surface area (Å²) in [6, 6.07) is -0.470. The Kier molecular flexibility index (Phi) is 5.43. The molecule has 0 spiro atoms. The van der Waals surface area contributed by atoms with Crippen molar-refractivity contribution in [3.63, 3.8) is 0 Å². The number of halogens is 3. The minimum Gasteiger partial charge on any atom is -0.379 e. The summed E-state index contributed by atoms with van der Waals surface area (Å²) in [5.74, 6) is 0. The zero-order chi connectivity index (χ0) is 13.8. The molecule has 18 heavy (non-hydrogen) atoms. The average molecular weight is 268 g/mol. The highest BCUT2D eigenvalue weighted by Crippen LogP contribution is 2.29. The molecule has 3 nitrogen and oxygen atoms in total. The van der Waals surface area contributed by atoms with Gasteiger partial charge in [-0.15, -0.1) is 0 Å². The molecule has 0 aromatic rings. The van der Waals surface area contributed by atoms with Crippen molar-refractivity contribution in [1.29, 1.82) is 0 Å². The standard InChI is InChI=1S/C12H23F3N2O/c1-3-11(2,17-6-8-18-9-7-17)10(16)4-5-12(13,14)15/h10H,3-9,16H2,1-2H3. The molecular weight excluding hydrogens is 245 g/mol. The Bertz CT molecular complexity index is 254. The third kappa shape index (κ3) is 4.10. The third-order valence-electron chi connectivity index (χ3n) is 3.99. The molecule has 1 fully saturated rings. The number of alkyl halides is 3. The molecule has 0 amide bonds. The molecule has 0 bridgehead atoms. The molecular formula is C12H23F3N2O. The van der Waals surface area contributed by atoms with Crippen molar-refractivity contribution in [1.82, 2.24) is 4.90 Å². The van der Waals surface area contributed by atoms with Crippen LogP contribution < -0.4 is 5.73 Å². The van der Waals surface area contributed by atoms with E-state index in [1.165, 1.54) is 0 Å². The van der Waals surface area contributed by atoms with Crippen LogP contribution in [0.25, 0.3) is 0 Å². The monoisotopic (exact) mass is 268 g/mol. The van der Waals surface area contributed by atoms with E-state index in [1.54, 1.807) is 0 Å². The fourth-order valence-electron chi connectivity index (χ4n) is 2.42. The molecule has 108 valence electrons. The van der Waals surface area contributed by atoms with Gasteiger partial charge >= 0.3 is 6.18 Å². The van der Waals surface area contributed by atoms with Gasteiger partial charge in [0.1, 0.15) is 0 Å². The van der Waals surface area contributed by atoms with Gasteiger partial charge in [-0.25, -0.2) is 0 Å². The van der Waals surface area contributed by atoms with Gasteiger partial charge in [-0.1, -0.05) is 6.92 Å². The van der Waals surface area contributed by atoms with Crippen LogP contribution in [0.5, 0.6) is 0 Å². The largest absolute Gasteiger partial charge is 0.389 e. The smallest absolute Gasteiger partial charge is 0.379 e. The molecule has 2 unspecified atom stereocenters. The van der Waals surface area contributed by atoms with Crippen LogP contribution in [0.15, 0.2) is 0 Å². The number of hydrogen-bond acceptors (Lipinski definition) is 3. The summed E-state index contributed by atoms with van der Waals surface area (Å²) in [5, 5.41) is 0. The van der Waals surface area contributed by atoms with Crippen molar-refractivity contribution in [3.05, 3.63) is 0 Å². The maximum atomic E-state index is 12.3. The lowest BCUT2D eigenvalue weighted by molar-refractivity contribution is -0.138. The zero-order valence-electron chi connectivity index (χ0n) is 11.1. The molecule has 1 saturated heterocycles. The Hall–Kier alpha value is -0.330. The van der Waals surface area contributed by atoms with Crippen molar-refractivity contribution in [2.45, 2.75) is 50.9 Å². The van der Waals surface area contributed by atoms with Crippen molar-refractivity contribution < 1.29 is 17.9 Å². The van der Waals surface area contributed by atoms with Gasteiger partial charge in [0.05, 0.1) is 13.2 Å². The predicted molar refractivity (Wildman–Crippen MR) is 64.4 cm³/mol. The Balaban J connectivity index is 2.61. The molecule has 0 radical (unpaired) electrons. The first-order chi connectivity index (χ1) is 8.29. The fraction of sp³-hybridized carbons (Fsp3) is 1.00. The predicted octanol–water partition coefficient (Wildman–Crippen LogP) is 2.16. The van der Waals surface area contributed by atoms with Gasteiger partial charge in [-0.3, -0.25) is 4.90 Å². The number of morpholine rings is 1. The Morgan fingerprint density at radius 3 is 2.28 bits per heavy atom. The summed E-state index contributed by atoms with van der Waals surface area (Å²) in [6.45, 7) is 6.67. The Morgan fingerprint density at radius 1 is 1.28 bits per heavy atom. The number of ether oxygens (including phenoxy) is 1. The van der Waals surface area contributed by atoms with Crippen molar-refractivity contribution in [3.8, 4) is 0 Å². The van der Waals surface area contributed by atoms with Crippen LogP contribution in [0.3, 0.4) is 0 Å². The minimum atomic E-state index is -4.13. The highest BCUT2D eigenvalue weighted by Gasteiger charge is 2.39. The Morgan fingerprint density at radius 2 is 1.83 bits per heavy atom. The first-order valence-electron chi connectivity index (χ1n) is 6.44. The molecule has 0 aliphatic carbocycles. The van der Waals surface area contributed by atoms with E-state index in [-0.39, 0.29) is 12.0 Å². The van der Waals surface area contributed by atoms with Crippen LogP contribution in [0.1, 0.15) is 33.1 Å². The van der Waals surface area contributed by atoms with Gasteiger partial charge in [0.2, 0.25) is 0 Å². The summed E-state index contributed by atoms with van der Waals surface area (Å²) in [5.41, 5.74) is 5.64. The highest BCUT2D eigenvalue weighted by atomic mass is 19.4. The maximum absolute atomic E-state index is 12.3. The van der Waals surface area contributed by atoms with Gasteiger partial charge < -0.3 is 10.5 Å². The molecule has 6 heteroatoms. The van der Waals surface area contributed by atoms with E-state index in [0.717, 1.165) is 19.5 Å². The summed E-state index contributed by atoms with van der Waals surface area (Å²) in [6.07, 6.45) is -4.22. The molecule has 1 aliphatic rings. The second-order valence-corrected chi connectivity index (χ2v) is 5.07. The van der Waals surface area contributed by atoms with Crippen molar-refractivity contribution in [2.24, 2.45) is 5.73 Å². The van der Waals surface area contributed by atoms with E-state index in [1.807, 2.05) is 13.8 Å². The first-order valence-corrected chi connectivity index (χ1v) is 6.44. The molecule has 1 heterocycles. The first kappa shape index (κ1) is 15.7.